The van der Waals surface area contributed by atoms with Gasteiger partial charge >= 0.3 is 0 Å². The molecule has 21 heavy (non-hydrogen) atoms. The Kier molecular flexibility index (Phi) is 3.78. The van der Waals surface area contributed by atoms with Crippen LogP contribution < -0.4 is 21.1 Å². The summed E-state index contributed by atoms with van der Waals surface area (Å²) in [5, 5.41) is 0. The average Bonchev–Trinajstić information content (AvgIpc) is 2.56. The van der Waals surface area contributed by atoms with Crippen LogP contribution >= 0.6 is 0 Å². The molecule has 3 rings (SSSR count). The van der Waals surface area contributed by atoms with Gasteiger partial charge in [-0.25, -0.2) is 20.2 Å². The van der Waals surface area contributed by atoms with Crippen molar-refractivity contribution in [3.05, 3.63) is 36.4 Å². The van der Waals surface area contributed by atoms with E-state index in [-0.39, 0.29) is 11.8 Å². The molecule has 0 amide bonds. The summed E-state index contributed by atoms with van der Waals surface area (Å²) in [6.45, 7) is 2.83. The summed E-state index contributed by atoms with van der Waals surface area (Å²) in [5.74, 6) is 6.24. The number of anilines is 3. The maximum absolute atomic E-state index is 13.8. The molecule has 1 aliphatic heterocycles. The predicted octanol–water partition coefficient (Wildman–Crippen LogP) is 0.623. The molecule has 2 aromatic heterocycles. The van der Waals surface area contributed by atoms with Gasteiger partial charge in [0, 0.05) is 32.4 Å². The second-order valence-electron chi connectivity index (χ2n) is 4.67. The normalized spacial score (nSPS) is 15.1. The highest BCUT2D eigenvalue weighted by atomic mass is 19.1. The van der Waals surface area contributed by atoms with Crippen LogP contribution in [0.25, 0.3) is 0 Å². The summed E-state index contributed by atoms with van der Waals surface area (Å²) >= 11 is 0. The Hall–Kier alpha value is -2.48. The maximum atomic E-state index is 13.8. The van der Waals surface area contributed by atoms with Crippen LogP contribution in [0.3, 0.4) is 0 Å². The molecule has 0 saturated carbocycles. The van der Waals surface area contributed by atoms with E-state index in [0.29, 0.717) is 13.1 Å². The van der Waals surface area contributed by atoms with Gasteiger partial charge in [0.1, 0.15) is 5.82 Å². The molecule has 0 bridgehead atoms. The van der Waals surface area contributed by atoms with Gasteiger partial charge in [-0.2, -0.15) is 4.98 Å². The Bertz CT molecular complexity index is 599. The quantitative estimate of drug-likeness (QED) is 0.633. The lowest BCUT2D eigenvalue weighted by atomic mass is 10.3. The third-order valence-electron chi connectivity index (χ3n) is 3.41. The Morgan fingerprint density at radius 2 is 1.86 bits per heavy atom. The van der Waals surface area contributed by atoms with Crippen LogP contribution in [-0.4, -0.2) is 41.1 Å². The average molecular weight is 289 g/mol. The van der Waals surface area contributed by atoms with Gasteiger partial charge in [-0.3, -0.25) is 5.43 Å². The van der Waals surface area contributed by atoms with Gasteiger partial charge in [-0.1, -0.05) is 6.07 Å². The fraction of sp³-hybridized carbons (Fsp3) is 0.308. The van der Waals surface area contributed by atoms with Crippen LogP contribution in [0.1, 0.15) is 0 Å². The topological polar surface area (TPSA) is 83.2 Å². The van der Waals surface area contributed by atoms with Crippen molar-refractivity contribution in [3.63, 3.8) is 0 Å². The van der Waals surface area contributed by atoms with Crippen molar-refractivity contribution in [2.24, 2.45) is 5.84 Å². The number of hydrazine groups is 1. The van der Waals surface area contributed by atoms with Crippen molar-refractivity contribution in [2.45, 2.75) is 0 Å². The van der Waals surface area contributed by atoms with E-state index >= 15 is 0 Å². The molecular weight excluding hydrogens is 273 g/mol. The molecule has 0 unspecified atom stereocenters. The molecule has 0 spiro atoms. The largest absolute Gasteiger partial charge is 0.353 e. The van der Waals surface area contributed by atoms with Crippen molar-refractivity contribution in [3.8, 4) is 0 Å². The Morgan fingerprint density at radius 1 is 1.10 bits per heavy atom. The number of rotatable bonds is 3. The monoisotopic (exact) mass is 289 g/mol. The van der Waals surface area contributed by atoms with E-state index in [9.17, 15) is 4.39 Å². The van der Waals surface area contributed by atoms with Crippen molar-refractivity contribution >= 4 is 17.6 Å². The van der Waals surface area contributed by atoms with Crippen LogP contribution in [-0.2, 0) is 0 Å². The smallest absolute Gasteiger partial charge is 0.239 e. The number of aromatic nitrogens is 3. The first-order chi connectivity index (χ1) is 10.3. The van der Waals surface area contributed by atoms with Crippen molar-refractivity contribution in [2.75, 3.05) is 41.4 Å². The summed E-state index contributed by atoms with van der Waals surface area (Å²) in [7, 11) is 0. The lowest BCUT2D eigenvalue weighted by molar-refractivity contribution is 0.582. The van der Waals surface area contributed by atoms with Crippen LogP contribution in [0.5, 0.6) is 0 Å². The molecule has 7 nitrogen and oxygen atoms in total. The number of hydrogen-bond acceptors (Lipinski definition) is 7. The molecule has 0 aromatic carbocycles. The Morgan fingerprint density at radius 3 is 2.52 bits per heavy atom. The minimum absolute atomic E-state index is 0.207. The van der Waals surface area contributed by atoms with E-state index in [4.69, 9.17) is 5.84 Å². The second kappa shape index (κ2) is 5.88. The summed E-state index contributed by atoms with van der Waals surface area (Å²) in [5.41, 5.74) is 2.33. The Balaban J connectivity index is 1.71. The molecule has 3 heterocycles. The van der Waals surface area contributed by atoms with E-state index in [2.05, 4.69) is 25.3 Å². The lowest BCUT2D eigenvalue weighted by Gasteiger charge is -2.36. The molecule has 110 valence electrons. The highest BCUT2D eigenvalue weighted by Gasteiger charge is 2.21. The summed E-state index contributed by atoms with van der Waals surface area (Å²) < 4.78 is 13.8. The van der Waals surface area contributed by atoms with Crippen LogP contribution in [0.4, 0.5) is 22.0 Å². The van der Waals surface area contributed by atoms with E-state index in [0.717, 1.165) is 25.1 Å². The van der Waals surface area contributed by atoms with Gasteiger partial charge in [0.2, 0.25) is 5.95 Å². The minimum Gasteiger partial charge on any atom is -0.353 e. The number of nitrogen functional groups attached to an aromatic ring is 1. The first-order valence-electron chi connectivity index (χ1n) is 6.68. The third kappa shape index (κ3) is 2.84. The zero-order valence-corrected chi connectivity index (χ0v) is 11.4. The van der Waals surface area contributed by atoms with E-state index in [1.165, 1.54) is 0 Å². The molecule has 0 radical (unpaired) electrons. The summed E-state index contributed by atoms with van der Waals surface area (Å²) in [4.78, 5) is 16.2. The number of halogens is 1. The highest BCUT2D eigenvalue weighted by molar-refractivity contribution is 5.47. The molecule has 1 aliphatic rings. The molecule has 2 aromatic rings. The van der Waals surface area contributed by atoms with Gasteiger partial charge in [-0.05, 0) is 12.1 Å². The fourth-order valence-electron chi connectivity index (χ4n) is 2.34. The number of hydrogen-bond donors (Lipinski definition) is 2. The lowest BCUT2D eigenvalue weighted by Crippen LogP contribution is -2.47. The molecule has 3 N–H and O–H groups in total. The van der Waals surface area contributed by atoms with Crippen LogP contribution in [0, 0.1) is 5.82 Å². The molecule has 8 heteroatoms. The number of nitrogens with two attached hydrogens (primary N) is 1. The SMILES string of the molecule is NNc1ncc(F)c(N2CCN(c3ccccn3)CC2)n1. The summed E-state index contributed by atoms with van der Waals surface area (Å²) in [6, 6.07) is 5.81. The number of nitrogens with one attached hydrogen (secondary N) is 1. The minimum atomic E-state index is -0.444. The zero-order chi connectivity index (χ0) is 14.7. The van der Waals surface area contributed by atoms with Gasteiger partial charge in [-0.15, -0.1) is 0 Å². The zero-order valence-electron chi connectivity index (χ0n) is 11.4. The molecule has 1 saturated heterocycles. The van der Waals surface area contributed by atoms with E-state index in [1.54, 1.807) is 6.20 Å². The number of pyridine rings is 1. The number of piperazine rings is 1. The highest BCUT2D eigenvalue weighted by Crippen LogP contribution is 2.20. The van der Waals surface area contributed by atoms with Crippen LogP contribution in [0.2, 0.25) is 0 Å². The maximum Gasteiger partial charge on any atom is 0.239 e. The summed E-state index contributed by atoms with van der Waals surface area (Å²) in [6.07, 6.45) is 2.90. The van der Waals surface area contributed by atoms with Crippen molar-refractivity contribution in [1.82, 2.24) is 15.0 Å². The second-order valence-corrected chi connectivity index (χ2v) is 4.67. The Labute approximate surface area is 121 Å². The first-order valence-corrected chi connectivity index (χ1v) is 6.68. The van der Waals surface area contributed by atoms with E-state index in [1.807, 2.05) is 23.1 Å². The van der Waals surface area contributed by atoms with E-state index < -0.39 is 5.82 Å². The molecule has 1 fully saturated rings. The standard InChI is InChI=1S/C13H16FN7/c14-10-9-17-13(19-15)18-12(10)21-7-5-20(6-8-21)11-3-1-2-4-16-11/h1-4,9H,5-8,15H2,(H,17,18,19). The predicted molar refractivity (Wildman–Crippen MR) is 78.5 cm³/mol. The van der Waals surface area contributed by atoms with Gasteiger partial charge in [0.15, 0.2) is 11.6 Å². The molecule has 0 atom stereocenters. The van der Waals surface area contributed by atoms with Crippen molar-refractivity contribution in [1.29, 1.82) is 0 Å². The van der Waals surface area contributed by atoms with Crippen molar-refractivity contribution < 1.29 is 4.39 Å². The van der Waals surface area contributed by atoms with Gasteiger partial charge < -0.3 is 9.80 Å². The molecular formula is C13H16FN7. The first kappa shape index (κ1) is 13.5. The van der Waals surface area contributed by atoms with Gasteiger partial charge in [0.25, 0.3) is 0 Å². The third-order valence-corrected chi connectivity index (χ3v) is 3.41. The number of nitrogens with zero attached hydrogens (tertiary/aromatic N) is 5. The van der Waals surface area contributed by atoms with Gasteiger partial charge in [0.05, 0.1) is 6.20 Å². The molecule has 0 aliphatic carbocycles. The van der Waals surface area contributed by atoms with Crippen LogP contribution in [0.15, 0.2) is 30.6 Å². The fourth-order valence-corrected chi connectivity index (χ4v) is 2.34.